The largest absolute Gasteiger partial charge is 0.410 e. The zero-order chi connectivity index (χ0) is 31.9. The molecule has 44 heavy (non-hydrogen) atoms. The number of hydrogen-bond donors (Lipinski definition) is 2. The molecular formula is C29H31ClF4N6O4. The maximum absolute atomic E-state index is 14.0. The molecule has 1 fully saturated rings. The maximum Gasteiger partial charge on any atom is 0.410 e. The molecule has 0 spiro atoms. The van der Waals surface area contributed by atoms with Gasteiger partial charge < -0.3 is 10.2 Å². The SMILES string of the molecule is CC(=O)N(NCc1cccc(F)c1Cl)[C@@H](CCC(=O)N1CCNC[C@H]1C(F)(F)F)CON(C=O)c1cc2ccccc2cn1. The highest BCUT2D eigenvalue weighted by molar-refractivity contribution is 6.31. The number of alkyl halides is 3. The molecule has 1 aromatic heterocycles. The lowest BCUT2D eigenvalue weighted by Crippen LogP contribution is -2.59. The number of halogens is 5. The van der Waals surface area contributed by atoms with Crippen LogP contribution in [0.3, 0.4) is 0 Å². The maximum atomic E-state index is 14.0. The summed E-state index contributed by atoms with van der Waals surface area (Å²) in [5.41, 5.74) is 3.19. The van der Waals surface area contributed by atoms with E-state index >= 15 is 0 Å². The molecule has 1 saturated heterocycles. The number of fused-ring (bicyclic) bond motifs is 1. The Morgan fingerprint density at radius 1 is 1.23 bits per heavy atom. The molecule has 2 heterocycles. The third-order valence-electron chi connectivity index (χ3n) is 7.15. The summed E-state index contributed by atoms with van der Waals surface area (Å²) in [6.07, 6.45) is -3.18. The van der Waals surface area contributed by atoms with Crippen molar-refractivity contribution in [3.05, 3.63) is 71.1 Å². The van der Waals surface area contributed by atoms with Crippen molar-refractivity contribution >= 4 is 46.4 Å². The van der Waals surface area contributed by atoms with Crippen molar-refractivity contribution in [3.8, 4) is 0 Å². The fourth-order valence-corrected chi connectivity index (χ4v) is 5.07. The fraction of sp³-hybridized carbons (Fsp3) is 0.379. The van der Waals surface area contributed by atoms with Crippen molar-refractivity contribution in [2.75, 3.05) is 31.3 Å². The number of nitrogens with zero attached hydrogens (tertiary/aromatic N) is 4. The molecule has 0 radical (unpaired) electrons. The minimum Gasteiger partial charge on any atom is -0.328 e. The molecule has 0 bridgehead atoms. The average molecular weight is 639 g/mol. The van der Waals surface area contributed by atoms with Crippen molar-refractivity contribution in [2.24, 2.45) is 0 Å². The highest BCUT2D eigenvalue weighted by Crippen LogP contribution is 2.27. The molecule has 2 atom stereocenters. The quantitative estimate of drug-likeness (QED) is 0.176. The van der Waals surface area contributed by atoms with Crippen LogP contribution in [0.5, 0.6) is 0 Å². The zero-order valence-corrected chi connectivity index (χ0v) is 24.4. The zero-order valence-electron chi connectivity index (χ0n) is 23.7. The summed E-state index contributed by atoms with van der Waals surface area (Å²) in [5.74, 6) is -1.80. The average Bonchev–Trinajstić information content (AvgIpc) is 3.00. The number of carbonyl (C=O) groups is 3. The van der Waals surface area contributed by atoms with Gasteiger partial charge in [0.2, 0.25) is 18.2 Å². The van der Waals surface area contributed by atoms with Crippen LogP contribution in [0.15, 0.2) is 54.7 Å². The normalized spacial score (nSPS) is 16.0. The van der Waals surface area contributed by atoms with E-state index in [1.165, 1.54) is 19.1 Å². The summed E-state index contributed by atoms with van der Waals surface area (Å²) >= 11 is 6.06. The Bertz CT molecular complexity index is 1480. The van der Waals surface area contributed by atoms with Crippen molar-refractivity contribution < 1.29 is 36.8 Å². The summed E-state index contributed by atoms with van der Waals surface area (Å²) in [5, 5.41) is 6.09. The number of anilines is 1. The molecule has 4 rings (SSSR count). The molecule has 2 aromatic carbocycles. The Morgan fingerprint density at radius 2 is 1.98 bits per heavy atom. The molecule has 2 N–H and O–H groups in total. The first-order valence-electron chi connectivity index (χ1n) is 13.7. The van der Waals surface area contributed by atoms with Crippen LogP contribution in [-0.4, -0.2) is 77.6 Å². The van der Waals surface area contributed by atoms with Crippen LogP contribution < -0.4 is 15.8 Å². The molecule has 15 heteroatoms. The summed E-state index contributed by atoms with van der Waals surface area (Å²) in [6.45, 7) is 0.418. The smallest absolute Gasteiger partial charge is 0.328 e. The molecule has 3 amide bonds. The van der Waals surface area contributed by atoms with E-state index in [2.05, 4.69) is 15.7 Å². The van der Waals surface area contributed by atoms with Crippen LogP contribution in [-0.2, 0) is 25.8 Å². The second kappa shape index (κ2) is 14.8. The van der Waals surface area contributed by atoms with E-state index in [-0.39, 0.29) is 49.9 Å². The molecule has 0 unspecified atom stereocenters. The minimum atomic E-state index is -4.62. The third-order valence-corrected chi connectivity index (χ3v) is 7.58. The molecule has 3 aromatic rings. The number of hydroxylamine groups is 1. The first-order valence-corrected chi connectivity index (χ1v) is 14.1. The van der Waals surface area contributed by atoms with Crippen molar-refractivity contribution in [3.63, 3.8) is 0 Å². The number of amides is 3. The molecule has 0 aliphatic carbocycles. The van der Waals surface area contributed by atoms with E-state index in [0.29, 0.717) is 12.0 Å². The molecular weight excluding hydrogens is 608 g/mol. The van der Waals surface area contributed by atoms with Crippen LogP contribution >= 0.6 is 11.6 Å². The van der Waals surface area contributed by atoms with E-state index in [9.17, 15) is 31.9 Å². The lowest BCUT2D eigenvalue weighted by Gasteiger charge is -2.38. The summed E-state index contributed by atoms with van der Waals surface area (Å²) in [6, 6.07) is 10.2. The molecule has 1 aliphatic rings. The summed E-state index contributed by atoms with van der Waals surface area (Å²) in [4.78, 5) is 48.6. The highest BCUT2D eigenvalue weighted by Gasteiger charge is 2.46. The number of carbonyl (C=O) groups excluding carboxylic acids is 3. The fourth-order valence-electron chi connectivity index (χ4n) is 4.88. The Kier molecular flexibility index (Phi) is 11.1. The molecule has 0 saturated carbocycles. The summed E-state index contributed by atoms with van der Waals surface area (Å²) < 4.78 is 54.8. The van der Waals surface area contributed by atoms with Crippen LogP contribution in [0.25, 0.3) is 10.8 Å². The number of hydrazine groups is 1. The second-order valence-corrected chi connectivity index (χ2v) is 10.5. The van der Waals surface area contributed by atoms with Crippen molar-refractivity contribution in [1.29, 1.82) is 0 Å². The second-order valence-electron chi connectivity index (χ2n) is 10.1. The Morgan fingerprint density at radius 3 is 2.68 bits per heavy atom. The van der Waals surface area contributed by atoms with Gasteiger partial charge in [0, 0.05) is 51.1 Å². The van der Waals surface area contributed by atoms with Gasteiger partial charge in [-0.05, 0) is 29.5 Å². The van der Waals surface area contributed by atoms with Crippen molar-refractivity contribution in [1.82, 2.24) is 25.6 Å². The monoisotopic (exact) mass is 638 g/mol. The van der Waals surface area contributed by atoms with Gasteiger partial charge in [-0.2, -0.15) is 18.2 Å². The number of piperazine rings is 1. The lowest BCUT2D eigenvalue weighted by atomic mass is 10.1. The van der Waals surface area contributed by atoms with Gasteiger partial charge in [0.1, 0.15) is 11.9 Å². The minimum absolute atomic E-state index is 0.0990. The number of pyridine rings is 1. The van der Waals surface area contributed by atoms with Gasteiger partial charge in [-0.25, -0.2) is 14.8 Å². The Hall–Kier alpha value is -3.85. The van der Waals surface area contributed by atoms with E-state index in [1.807, 2.05) is 24.3 Å². The van der Waals surface area contributed by atoms with Crippen LogP contribution in [0, 0.1) is 5.82 Å². The van der Waals surface area contributed by atoms with Gasteiger partial charge in [0.25, 0.3) is 0 Å². The Labute approximate surface area is 255 Å². The van der Waals surface area contributed by atoms with Gasteiger partial charge in [0.15, 0.2) is 5.82 Å². The van der Waals surface area contributed by atoms with E-state index in [1.54, 1.807) is 18.3 Å². The van der Waals surface area contributed by atoms with Crippen molar-refractivity contribution in [2.45, 2.75) is 44.6 Å². The number of aromatic nitrogens is 1. The Balaban J connectivity index is 1.54. The van der Waals surface area contributed by atoms with E-state index < -0.39 is 42.4 Å². The van der Waals surface area contributed by atoms with Gasteiger partial charge in [-0.1, -0.05) is 48.0 Å². The predicted molar refractivity (Wildman–Crippen MR) is 154 cm³/mol. The molecule has 236 valence electrons. The number of hydrogen-bond acceptors (Lipinski definition) is 7. The lowest BCUT2D eigenvalue weighted by molar-refractivity contribution is -0.192. The number of nitrogens with one attached hydrogen (secondary N) is 2. The molecule has 10 nitrogen and oxygen atoms in total. The molecule has 1 aliphatic heterocycles. The van der Waals surface area contributed by atoms with Crippen LogP contribution in [0.4, 0.5) is 23.4 Å². The predicted octanol–water partition coefficient (Wildman–Crippen LogP) is 3.99. The first kappa shape index (κ1) is 33.1. The van der Waals surface area contributed by atoms with Gasteiger partial charge in [0.05, 0.1) is 17.7 Å². The van der Waals surface area contributed by atoms with Crippen LogP contribution in [0.1, 0.15) is 25.3 Å². The summed E-state index contributed by atoms with van der Waals surface area (Å²) in [7, 11) is 0. The van der Waals surface area contributed by atoms with Gasteiger partial charge in [-0.3, -0.25) is 24.2 Å². The number of rotatable bonds is 12. The first-order chi connectivity index (χ1) is 21.0. The van der Waals surface area contributed by atoms with Gasteiger partial charge >= 0.3 is 6.18 Å². The third kappa shape index (κ3) is 8.20. The van der Waals surface area contributed by atoms with E-state index in [0.717, 1.165) is 25.7 Å². The van der Waals surface area contributed by atoms with E-state index in [4.69, 9.17) is 16.4 Å². The van der Waals surface area contributed by atoms with Crippen LogP contribution in [0.2, 0.25) is 5.02 Å². The standard InChI is InChI=1S/C29H31ClF4N6O4/c1-19(42)40(37-15-22-7-4-8-24(31)28(22)30)23(9-10-27(43)38-12-11-35-16-25(38)29(32,33)34)17-44-39(18-41)26-13-20-5-2-3-6-21(20)14-36-26/h2-8,13-14,18,23,25,35,37H,9-12,15-17H2,1H3/t23-,25-/m0/s1. The highest BCUT2D eigenvalue weighted by atomic mass is 35.5. The van der Waals surface area contributed by atoms with Gasteiger partial charge in [-0.15, -0.1) is 0 Å². The topological polar surface area (TPSA) is 107 Å². The number of benzene rings is 2.